The highest BCUT2D eigenvalue weighted by Gasteiger charge is 2.30. The van der Waals surface area contributed by atoms with Crippen LogP contribution in [0.2, 0.25) is 0 Å². The molecule has 1 aliphatic rings. The summed E-state index contributed by atoms with van der Waals surface area (Å²) in [5.41, 5.74) is 0.216. The summed E-state index contributed by atoms with van der Waals surface area (Å²) >= 11 is 0. The number of nitrogens with one attached hydrogen (secondary N) is 1. The Morgan fingerprint density at radius 1 is 1.43 bits per heavy atom. The second-order valence-electron chi connectivity index (χ2n) is 5.87. The molecule has 3 unspecified atom stereocenters. The third-order valence-corrected chi connectivity index (χ3v) is 4.31. The number of benzene rings is 1. The van der Waals surface area contributed by atoms with Gasteiger partial charge in [0.1, 0.15) is 11.6 Å². The minimum atomic E-state index is -0.491. The Labute approximate surface area is 124 Å². The van der Waals surface area contributed by atoms with E-state index in [1.165, 1.54) is 4.90 Å². The maximum Gasteiger partial charge on any atom is 0.226 e. The van der Waals surface area contributed by atoms with Crippen molar-refractivity contribution in [2.45, 2.75) is 38.8 Å². The summed E-state index contributed by atoms with van der Waals surface area (Å²) in [5, 5.41) is 3.30. The molecular weight excluding hydrogens is 274 g/mol. The van der Waals surface area contributed by atoms with Crippen LogP contribution in [0.3, 0.4) is 0 Å². The predicted octanol–water partition coefficient (Wildman–Crippen LogP) is 2.87. The number of nitrogens with zero attached hydrogens (tertiary/aromatic N) is 1. The molecule has 1 heterocycles. The van der Waals surface area contributed by atoms with Crippen LogP contribution in [0.1, 0.15) is 38.3 Å². The van der Waals surface area contributed by atoms with Crippen LogP contribution in [0.4, 0.5) is 8.78 Å². The normalized spacial score (nSPS) is 23.7. The Kier molecular flexibility index (Phi) is 4.93. The molecule has 1 saturated heterocycles. The number of carbonyl (C=O) groups excluding carboxylic acids is 1. The fourth-order valence-electron chi connectivity index (χ4n) is 2.88. The Morgan fingerprint density at radius 3 is 2.81 bits per heavy atom. The lowest BCUT2D eigenvalue weighted by Gasteiger charge is -2.33. The van der Waals surface area contributed by atoms with E-state index in [0.29, 0.717) is 6.04 Å². The van der Waals surface area contributed by atoms with Crippen LogP contribution < -0.4 is 5.32 Å². The molecule has 2 rings (SSSR count). The largest absolute Gasteiger partial charge is 0.339 e. The van der Waals surface area contributed by atoms with Crippen molar-refractivity contribution in [1.29, 1.82) is 0 Å². The van der Waals surface area contributed by atoms with Gasteiger partial charge in [-0.2, -0.15) is 0 Å². The highest BCUT2D eigenvalue weighted by atomic mass is 19.1. The molecule has 0 bridgehead atoms. The first-order valence-corrected chi connectivity index (χ1v) is 7.35. The predicted molar refractivity (Wildman–Crippen MR) is 77.7 cm³/mol. The van der Waals surface area contributed by atoms with E-state index in [1.807, 2.05) is 0 Å². The molecule has 1 aromatic carbocycles. The molecule has 1 N–H and O–H groups in total. The summed E-state index contributed by atoms with van der Waals surface area (Å²) in [4.78, 5) is 14.1. The van der Waals surface area contributed by atoms with Crippen LogP contribution in [-0.2, 0) is 4.79 Å². The van der Waals surface area contributed by atoms with Crippen LogP contribution in [-0.4, -0.2) is 30.4 Å². The average Bonchev–Trinajstić information content (AvgIpc) is 2.47. The smallest absolute Gasteiger partial charge is 0.226 e. The van der Waals surface area contributed by atoms with Gasteiger partial charge in [-0.15, -0.1) is 0 Å². The first kappa shape index (κ1) is 15.9. The van der Waals surface area contributed by atoms with Crippen LogP contribution in [0, 0.1) is 17.6 Å². The molecule has 116 valence electrons. The highest BCUT2D eigenvalue weighted by Crippen LogP contribution is 2.26. The van der Waals surface area contributed by atoms with E-state index in [2.05, 4.69) is 12.2 Å². The Hall–Kier alpha value is -1.49. The number of halogens is 2. The highest BCUT2D eigenvalue weighted by molar-refractivity contribution is 5.79. The van der Waals surface area contributed by atoms with Gasteiger partial charge in [0.2, 0.25) is 5.91 Å². The number of piperidine rings is 1. The Balaban J connectivity index is 2.12. The van der Waals surface area contributed by atoms with Gasteiger partial charge in [0.15, 0.2) is 0 Å². The van der Waals surface area contributed by atoms with E-state index < -0.39 is 17.7 Å². The molecule has 1 fully saturated rings. The molecule has 0 aromatic heterocycles. The summed E-state index contributed by atoms with van der Waals surface area (Å²) in [6, 6.07) is 3.17. The first-order valence-electron chi connectivity index (χ1n) is 7.35. The minimum Gasteiger partial charge on any atom is -0.339 e. The zero-order chi connectivity index (χ0) is 15.6. The fourth-order valence-corrected chi connectivity index (χ4v) is 2.88. The molecule has 5 heteroatoms. The minimum absolute atomic E-state index is 0.000453. The monoisotopic (exact) mass is 296 g/mol. The second-order valence-corrected chi connectivity index (χ2v) is 5.87. The molecule has 3 atom stereocenters. The number of rotatable bonds is 3. The van der Waals surface area contributed by atoms with Crippen molar-refractivity contribution in [1.82, 2.24) is 10.2 Å². The van der Waals surface area contributed by atoms with Crippen LogP contribution in [0.15, 0.2) is 18.2 Å². The van der Waals surface area contributed by atoms with Gasteiger partial charge in [-0.05, 0) is 51.4 Å². The summed E-state index contributed by atoms with van der Waals surface area (Å²) in [6.45, 7) is 4.59. The van der Waals surface area contributed by atoms with Crippen molar-refractivity contribution in [3.05, 3.63) is 35.4 Å². The van der Waals surface area contributed by atoms with Gasteiger partial charge in [-0.1, -0.05) is 0 Å². The zero-order valence-corrected chi connectivity index (χ0v) is 12.7. The van der Waals surface area contributed by atoms with Crippen molar-refractivity contribution in [2.75, 3.05) is 13.6 Å². The molecule has 21 heavy (non-hydrogen) atoms. The number of hydrogen-bond acceptors (Lipinski definition) is 2. The topological polar surface area (TPSA) is 32.3 Å². The van der Waals surface area contributed by atoms with Gasteiger partial charge in [0.05, 0.1) is 6.04 Å². The third-order valence-electron chi connectivity index (χ3n) is 4.31. The summed E-state index contributed by atoms with van der Waals surface area (Å²) in [7, 11) is 1.66. The quantitative estimate of drug-likeness (QED) is 0.930. The van der Waals surface area contributed by atoms with Crippen LogP contribution >= 0.6 is 0 Å². The molecule has 1 aromatic rings. The fraction of sp³-hybridized carbons (Fsp3) is 0.562. The molecular formula is C16H22F2N2O. The summed E-state index contributed by atoms with van der Waals surface area (Å²) in [5.74, 6) is -1.03. The number of hydrogen-bond donors (Lipinski definition) is 1. The van der Waals surface area contributed by atoms with E-state index >= 15 is 0 Å². The van der Waals surface area contributed by atoms with Crippen LogP contribution in [0.25, 0.3) is 0 Å². The molecule has 3 nitrogen and oxygen atoms in total. The van der Waals surface area contributed by atoms with Gasteiger partial charge in [0.25, 0.3) is 0 Å². The molecule has 0 saturated carbocycles. The summed E-state index contributed by atoms with van der Waals surface area (Å²) < 4.78 is 27.1. The Morgan fingerprint density at radius 2 is 2.14 bits per heavy atom. The average molecular weight is 296 g/mol. The van der Waals surface area contributed by atoms with Crippen LogP contribution in [0.5, 0.6) is 0 Å². The first-order chi connectivity index (χ1) is 9.90. The number of carbonyl (C=O) groups is 1. The van der Waals surface area contributed by atoms with Crippen molar-refractivity contribution in [3.8, 4) is 0 Å². The molecule has 1 aliphatic heterocycles. The van der Waals surface area contributed by atoms with Crippen molar-refractivity contribution < 1.29 is 13.6 Å². The van der Waals surface area contributed by atoms with E-state index in [4.69, 9.17) is 0 Å². The van der Waals surface area contributed by atoms with Gasteiger partial charge in [0, 0.05) is 24.6 Å². The maximum atomic E-state index is 13.8. The molecule has 1 amide bonds. The van der Waals surface area contributed by atoms with Gasteiger partial charge < -0.3 is 10.2 Å². The van der Waals surface area contributed by atoms with Gasteiger partial charge >= 0.3 is 0 Å². The third kappa shape index (κ3) is 3.59. The SMILES string of the molecule is CC1CC(C(=O)N(C)C(C)c2cc(F)ccc2F)CCN1. The Bertz CT molecular complexity index is 521. The van der Waals surface area contributed by atoms with Crippen molar-refractivity contribution >= 4 is 5.91 Å². The van der Waals surface area contributed by atoms with E-state index in [-0.39, 0.29) is 17.4 Å². The lowest BCUT2D eigenvalue weighted by atomic mass is 9.91. The van der Waals surface area contributed by atoms with Gasteiger partial charge in [-0.3, -0.25) is 4.79 Å². The van der Waals surface area contributed by atoms with Crippen molar-refractivity contribution in [2.24, 2.45) is 5.92 Å². The zero-order valence-electron chi connectivity index (χ0n) is 12.7. The molecule has 0 aliphatic carbocycles. The lowest BCUT2D eigenvalue weighted by molar-refractivity contribution is -0.137. The number of amides is 1. The van der Waals surface area contributed by atoms with E-state index in [0.717, 1.165) is 37.6 Å². The summed E-state index contributed by atoms with van der Waals surface area (Å²) in [6.07, 6.45) is 1.56. The van der Waals surface area contributed by atoms with Gasteiger partial charge in [-0.25, -0.2) is 8.78 Å². The maximum absolute atomic E-state index is 13.8. The van der Waals surface area contributed by atoms with E-state index in [1.54, 1.807) is 14.0 Å². The molecule has 0 radical (unpaired) electrons. The second kappa shape index (κ2) is 6.52. The standard InChI is InChI=1S/C16H22F2N2O/c1-10-8-12(6-7-19-10)16(21)20(3)11(2)14-9-13(17)4-5-15(14)18/h4-5,9-12,19H,6-8H2,1-3H3. The molecule has 0 spiro atoms. The lowest BCUT2D eigenvalue weighted by Crippen LogP contribution is -2.43. The van der Waals surface area contributed by atoms with Crippen molar-refractivity contribution in [3.63, 3.8) is 0 Å². The van der Waals surface area contributed by atoms with E-state index in [9.17, 15) is 13.6 Å².